The van der Waals surface area contributed by atoms with Crippen molar-refractivity contribution in [3.05, 3.63) is 0 Å². The van der Waals surface area contributed by atoms with Crippen molar-refractivity contribution < 1.29 is 22.7 Å². The van der Waals surface area contributed by atoms with Crippen LogP contribution in [0.15, 0.2) is 0 Å². The lowest BCUT2D eigenvalue weighted by Crippen LogP contribution is -2.40. The van der Waals surface area contributed by atoms with E-state index >= 15 is 0 Å². The van der Waals surface area contributed by atoms with Crippen molar-refractivity contribution in [2.45, 2.75) is 32.0 Å². The summed E-state index contributed by atoms with van der Waals surface area (Å²) in [5.74, 6) is -0.603. The number of ether oxygens (including phenoxy) is 1. The summed E-state index contributed by atoms with van der Waals surface area (Å²) in [6.45, 7) is 1.27. The highest BCUT2D eigenvalue weighted by atomic mass is 19.4. The Labute approximate surface area is 98.9 Å². The molecule has 0 heterocycles. The van der Waals surface area contributed by atoms with Gasteiger partial charge in [-0.3, -0.25) is 9.69 Å². The lowest BCUT2D eigenvalue weighted by molar-refractivity contribution is -0.147. The zero-order valence-corrected chi connectivity index (χ0v) is 10.1. The summed E-state index contributed by atoms with van der Waals surface area (Å²) in [5.41, 5.74) is 5.45. The number of hydrogen-bond acceptors (Lipinski definition) is 4. The summed E-state index contributed by atoms with van der Waals surface area (Å²) in [5, 5.41) is 0. The molecule has 2 N–H and O–H groups in total. The van der Waals surface area contributed by atoms with Gasteiger partial charge in [-0.1, -0.05) is 6.92 Å². The van der Waals surface area contributed by atoms with E-state index in [1.807, 2.05) is 0 Å². The van der Waals surface area contributed by atoms with Crippen LogP contribution < -0.4 is 5.73 Å². The Morgan fingerprint density at radius 2 is 2.00 bits per heavy atom. The molecule has 0 rings (SSSR count). The molecule has 0 bridgehead atoms. The van der Waals surface area contributed by atoms with Gasteiger partial charge in [0.15, 0.2) is 0 Å². The summed E-state index contributed by atoms with van der Waals surface area (Å²) in [6, 6.07) is -0.868. The standard InChI is InChI=1S/C10H19F3N2O2/c1-3-5-15(7-10(11,12)13)6-4-8(14)9(16)17-2/h8H,3-7,14H2,1-2H3. The predicted octanol–water partition coefficient (Wildman–Crippen LogP) is 1.15. The molecule has 0 saturated heterocycles. The third kappa shape index (κ3) is 7.98. The molecular weight excluding hydrogens is 237 g/mol. The molecule has 17 heavy (non-hydrogen) atoms. The molecule has 0 saturated carbocycles. The number of carbonyl (C=O) groups excluding carboxylic acids is 1. The molecule has 0 spiro atoms. The largest absolute Gasteiger partial charge is 0.468 e. The Morgan fingerprint density at radius 1 is 1.41 bits per heavy atom. The van der Waals surface area contributed by atoms with Gasteiger partial charge in [-0.15, -0.1) is 0 Å². The molecule has 7 heteroatoms. The summed E-state index contributed by atoms with van der Waals surface area (Å²) in [6.07, 6.45) is -3.46. The maximum Gasteiger partial charge on any atom is 0.401 e. The van der Waals surface area contributed by atoms with Gasteiger partial charge in [0, 0.05) is 6.54 Å². The maximum atomic E-state index is 12.2. The summed E-state index contributed by atoms with van der Waals surface area (Å²) in [7, 11) is 1.20. The van der Waals surface area contributed by atoms with Crippen molar-refractivity contribution >= 4 is 5.97 Å². The van der Waals surface area contributed by atoms with Gasteiger partial charge in [0.25, 0.3) is 0 Å². The van der Waals surface area contributed by atoms with Crippen LogP contribution in [0.1, 0.15) is 19.8 Å². The normalized spacial score (nSPS) is 13.8. The average molecular weight is 256 g/mol. The van der Waals surface area contributed by atoms with Gasteiger partial charge in [0.05, 0.1) is 13.7 Å². The lowest BCUT2D eigenvalue weighted by atomic mass is 10.2. The lowest BCUT2D eigenvalue weighted by Gasteiger charge is -2.23. The highest BCUT2D eigenvalue weighted by Crippen LogP contribution is 2.16. The quantitative estimate of drug-likeness (QED) is 0.694. The SMILES string of the molecule is CCCN(CCC(N)C(=O)OC)CC(F)(F)F. The molecule has 0 aliphatic heterocycles. The van der Waals surface area contributed by atoms with Crippen molar-refractivity contribution in [3.8, 4) is 0 Å². The summed E-state index contributed by atoms with van der Waals surface area (Å²) in [4.78, 5) is 12.2. The van der Waals surface area contributed by atoms with Crippen LogP contribution >= 0.6 is 0 Å². The first-order valence-corrected chi connectivity index (χ1v) is 5.42. The zero-order valence-electron chi connectivity index (χ0n) is 10.1. The van der Waals surface area contributed by atoms with Gasteiger partial charge in [0.1, 0.15) is 6.04 Å². The molecule has 0 aromatic carbocycles. The van der Waals surface area contributed by atoms with Crippen molar-refractivity contribution in [3.63, 3.8) is 0 Å². The van der Waals surface area contributed by atoms with Crippen LogP contribution in [0.4, 0.5) is 13.2 Å². The highest BCUT2D eigenvalue weighted by molar-refractivity contribution is 5.75. The molecule has 0 aromatic heterocycles. The molecule has 4 nitrogen and oxygen atoms in total. The second-order valence-electron chi connectivity index (χ2n) is 3.81. The Bertz CT molecular complexity index is 234. The Hall–Kier alpha value is -0.820. The van der Waals surface area contributed by atoms with Crippen molar-refractivity contribution in [1.82, 2.24) is 4.90 Å². The minimum Gasteiger partial charge on any atom is -0.468 e. The molecule has 0 amide bonds. The molecule has 1 atom stereocenters. The number of hydrogen-bond donors (Lipinski definition) is 1. The van der Waals surface area contributed by atoms with Gasteiger partial charge in [-0.25, -0.2) is 0 Å². The van der Waals surface area contributed by atoms with E-state index in [9.17, 15) is 18.0 Å². The maximum absolute atomic E-state index is 12.2. The minimum absolute atomic E-state index is 0.129. The Kier molecular flexibility index (Phi) is 7.13. The first-order chi connectivity index (χ1) is 7.80. The molecule has 0 fully saturated rings. The molecule has 102 valence electrons. The van der Waals surface area contributed by atoms with Crippen LogP contribution in [0.2, 0.25) is 0 Å². The fourth-order valence-corrected chi connectivity index (χ4v) is 1.43. The fraction of sp³-hybridized carbons (Fsp3) is 0.900. The number of nitrogens with two attached hydrogens (primary N) is 1. The second kappa shape index (κ2) is 7.50. The van der Waals surface area contributed by atoms with Gasteiger partial charge in [0.2, 0.25) is 0 Å². The van der Waals surface area contributed by atoms with Crippen molar-refractivity contribution in [2.75, 3.05) is 26.7 Å². The number of methoxy groups -OCH3 is 1. The highest BCUT2D eigenvalue weighted by Gasteiger charge is 2.30. The van der Waals surface area contributed by atoms with Crippen LogP contribution in [0.3, 0.4) is 0 Å². The third-order valence-electron chi connectivity index (χ3n) is 2.20. The van der Waals surface area contributed by atoms with Crippen molar-refractivity contribution in [1.29, 1.82) is 0 Å². The van der Waals surface area contributed by atoms with Gasteiger partial charge in [-0.05, 0) is 19.4 Å². The first-order valence-electron chi connectivity index (χ1n) is 5.42. The van der Waals surface area contributed by atoms with Gasteiger partial charge in [-0.2, -0.15) is 13.2 Å². The van der Waals surface area contributed by atoms with E-state index in [1.54, 1.807) is 6.92 Å². The minimum atomic E-state index is -4.23. The van der Waals surface area contributed by atoms with Crippen LogP contribution in [0.25, 0.3) is 0 Å². The van der Waals surface area contributed by atoms with E-state index in [2.05, 4.69) is 4.74 Å². The molecule has 0 aromatic rings. The Balaban J connectivity index is 4.13. The molecule has 0 radical (unpaired) electrons. The van der Waals surface area contributed by atoms with Crippen LogP contribution in [0, 0.1) is 0 Å². The fourth-order valence-electron chi connectivity index (χ4n) is 1.43. The number of rotatable bonds is 7. The van der Waals surface area contributed by atoms with E-state index in [0.29, 0.717) is 13.0 Å². The molecule has 0 aliphatic rings. The molecule has 0 aliphatic carbocycles. The number of halogens is 3. The van der Waals surface area contributed by atoms with E-state index in [4.69, 9.17) is 5.73 Å². The molecular formula is C10H19F3N2O2. The van der Waals surface area contributed by atoms with Crippen LogP contribution in [-0.2, 0) is 9.53 Å². The number of nitrogens with zero attached hydrogens (tertiary/aromatic N) is 1. The van der Waals surface area contributed by atoms with Crippen LogP contribution in [0.5, 0.6) is 0 Å². The van der Waals surface area contributed by atoms with E-state index in [-0.39, 0.29) is 13.0 Å². The summed E-state index contributed by atoms with van der Waals surface area (Å²) >= 11 is 0. The zero-order chi connectivity index (χ0) is 13.5. The number of alkyl halides is 3. The molecule has 1 unspecified atom stereocenters. The van der Waals surface area contributed by atoms with Crippen molar-refractivity contribution in [2.24, 2.45) is 5.73 Å². The van der Waals surface area contributed by atoms with Gasteiger partial charge >= 0.3 is 12.1 Å². The Morgan fingerprint density at radius 3 is 2.41 bits per heavy atom. The van der Waals surface area contributed by atoms with E-state index in [0.717, 1.165) is 0 Å². The number of esters is 1. The average Bonchev–Trinajstić information content (AvgIpc) is 2.22. The van der Waals surface area contributed by atoms with E-state index < -0.39 is 24.7 Å². The summed E-state index contributed by atoms with van der Waals surface area (Å²) < 4.78 is 41.0. The van der Waals surface area contributed by atoms with Gasteiger partial charge < -0.3 is 10.5 Å². The monoisotopic (exact) mass is 256 g/mol. The third-order valence-corrected chi connectivity index (χ3v) is 2.20. The smallest absolute Gasteiger partial charge is 0.401 e. The second-order valence-corrected chi connectivity index (χ2v) is 3.81. The topological polar surface area (TPSA) is 55.6 Å². The van der Waals surface area contributed by atoms with Crippen LogP contribution in [-0.4, -0.2) is 49.8 Å². The predicted molar refractivity (Wildman–Crippen MR) is 57.4 cm³/mol. The first kappa shape index (κ1) is 16.2. The van der Waals surface area contributed by atoms with E-state index in [1.165, 1.54) is 12.0 Å². The number of carbonyl (C=O) groups is 1.